The minimum Gasteiger partial charge on any atom is -0.379 e. The van der Waals surface area contributed by atoms with Gasteiger partial charge in [-0.3, -0.25) is 4.79 Å². The van der Waals surface area contributed by atoms with Crippen molar-refractivity contribution < 1.29 is 22.1 Å². The van der Waals surface area contributed by atoms with E-state index in [0.717, 1.165) is 18.4 Å². The summed E-state index contributed by atoms with van der Waals surface area (Å²) in [6.07, 6.45) is 1.89. The molecule has 1 saturated heterocycles. The van der Waals surface area contributed by atoms with Crippen molar-refractivity contribution in [2.45, 2.75) is 37.3 Å². The maximum Gasteiger partial charge on any atom is 0.340 e. The molecule has 3 aromatic rings. The molecule has 0 bridgehead atoms. The Balaban J connectivity index is 1.55. The second kappa shape index (κ2) is 10.3. The van der Waals surface area contributed by atoms with E-state index in [1.807, 2.05) is 17.5 Å². The highest BCUT2D eigenvalue weighted by Crippen LogP contribution is 2.28. The molecule has 0 spiro atoms. The summed E-state index contributed by atoms with van der Waals surface area (Å²) in [5.74, 6) is 0.0820. The second-order valence-corrected chi connectivity index (χ2v) is 10.7. The fraction of sp³-hybridized carbons (Fsp3) is 0.292. The van der Waals surface area contributed by atoms with Crippen LogP contribution >= 0.6 is 22.9 Å². The van der Waals surface area contributed by atoms with Crippen molar-refractivity contribution in [2.75, 3.05) is 13.2 Å². The summed E-state index contributed by atoms with van der Waals surface area (Å²) < 4.78 is 36.9. The van der Waals surface area contributed by atoms with Gasteiger partial charge in [-0.25, -0.2) is 0 Å². The number of carbonyl (C=O) groups excluding carboxylic acids is 1. The van der Waals surface area contributed by atoms with Crippen molar-refractivity contribution in [3.8, 4) is 5.75 Å². The Morgan fingerprint density at radius 3 is 2.73 bits per heavy atom. The molecule has 0 N–H and O–H groups in total. The smallest absolute Gasteiger partial charge is 0.340 e. The van der Waals surface area contributed by atoms with Crippen LogP contribution in [0.4, 0.5) is 0 Å². The fourth-order valence-corrected chi connectivity index (χ4v) is 6.23. The number of halogens is 1. The van der Waals surface area contributed by atoms with Gasteiger partial charge in [0.05, 0.1) is 16.0 Å². The Morgan fingerprint density at radius 1 is 1.21 bits per heavy atom. The third-order valence-corrected chi connectivity index (χ3v) is 8.10. The van der Waals surface area contributed by atoms with Crippen LogP contribution in [0.15, 0.2) is 64.9 Å². The van der Waals surface area contributed by atoms with Crippen LogP contribution in [0.5, 0.6) is 5.75 Å². The molecule has 2 heterocycles. The molecule has 0 aliphatic carbocycles. The first-order valence-corrected chi connectivity index (χ1v) is 13.2. The lowest BCUT2D eigenvalue weighted by Crippen LogP contribution is -2.36. The van der Waals surface area contributed by atoms with Crippen LogP contribution in [0.1, 0.15) is 33.6 Å². The van der Waals surface area contributed by atoms with E-state index >= 15 is 0 Å². The predicted octanol–water partition coefficient (Wildman–Crippen LogP) is 5.30. The van der Waals surface area contributed by atoms with Gasteiger partial charge in [0, 0.05) is 19.7 Å². The maximum atomic E-state index is 13.1. The Labute approximate surface area is 202 Å². The van der Waals surface area contributed by atoms with E-state index in [1.165, 1.54) is 17.4 Å². The number of amides is 1. The monoisotopic (exact) mass is 505 g/mol. The molecule has 174 valence electrons. The highest BCUT2D eigenvalue weighted by atomic mass is 35.5. The average Bonchev–Trinajstić information content (AvgIpc) is 3.47. The lowest BCUT2D eigenvalue weighted by Gasteiger charge is -2.25. The minimum atomic E-state index is -4.12. The van der Waals surface area contributed by atoms with Crippen molar-refractivity contribution >= 4 is 39.0 Å². The van der Waals surface area contributed by atoms with Gasteiger partial charge in [0.15, 0.2) is 0 Å². The van der Waals surface area contributed by atoms with Gasteiger partial charge in [-0.15, -0.1) is 11.3 Å². The highest BCUT2D eigenvalue weighted by Gasteiger charge is 2.25. The third-order valence-electron chi connectivity index (χ3n) is 5.36. The molecule has 2 aromatic carbocycles. The molecule has 9 heteroatoms. The van der Waals surface area contributed by atoms with Crippen molar-refractivity contribution in [1.29, 1.82) is 0 Å². The Kier molecular flexibility index (Phi) is 7.38. The molecule has 1 aliphatic rings. The number of benzene rings is 2. The van der Waals surface area contributed by atoms with Crippen molar-refractivity contribution in [2.24, 2.45) is 0 Å². The number of ether oxygens (including phenoxy) is 1. The Bertz CT molecular complexity index is 1200. The molecule has 0 radical (unpaired) electrons. The molecule has 0 saturated carbocycles. The van der Waals surface area contributed by atoms with Gasteiger partial charge in [-0.2, -0.15) is 8.42 Å². The molecule has 1 atom stereocenters. The number of hydrogen-bond donors (Lipinski definition) is 0. The molecular formula is C24H24ClNO5S2. The van der Waals surface area contributed by atoms with E-state index in [1.54, 1.807) is 48.2 Å². The van der Waals surface area contributed by atoms with E-state index in [9.17, 15) is 13.2 Å². The van der Waals surface area contributed by atoms with Crippen LogP contribution < -0.4 is 4.18 Å². The van der Waals surface area contributed by atoms with Gasteiger partial charge >= 0.3 is 10.1 Å². The molecule has 1 amide bonds. The van der Waals surface area contributed by atoms with Crippen LogP contribution in [0.3, 0.4) is 0 Å². The van der Waals surface area contributed by atoms with Crippen molar-refractivity contribution in [1.82, 2.24) is 4.90 Å². The SMILES string of the molecule is Cc1cccc(Cl)c1S(=O)(=O)Oc1cccc(CN(C[C@@H]2CCCO2)C(=O)c2cccs2)c1. The van der Waals surface area contributed by atoms with E-state index in [2.05, 4.69) is 0 Å². The highest BCUT2D eigenvalue weighted by molar-refractivity contribution is 7.87. The number of thiophene rings is 1. The first-order chi connectivity index (χ1) is 15.8. The minimum absolute atomic E-state index is 0.00285. The lowest BCUT2D eigenvalue weighted by molar-refractivity contribution is 0.0511. The topological polar surface area (TPSA) is 72.9 Å². The zero-order valence-electron chi connectivity index (χ0n) is 18.1. The van der Waals surface area contributed by atoms with Crippen molar-refractivity contribution in [3.05, 3.63) is 81.0 Å². The van der Waals surface area contributed by atoms with E-state index in [0.29, 0.717) is 30.1 Å². The molecule has 1 aromatic heterocycles. The number of nitrogens with zero attached hydrogens (tertiary/aromatic N) is 1. The first-order valence-electron chi connectivity index (χ1n) is 10.6. The van der Waals surface area contributed by atoms with Crippen LogP contribution in [0.2, 0.25) is 5.02 Å². The average molecular weight is 506 g/mol. The largest absolute Gasteiger partial charge is 0.379 e. The van der Waals surface area contributed by atoms with Crippen LogP contribution in [0.25, 0.3) is 0 Å². The number of aryl methyl sites for hydroxylation is 1. The summed E-state index contributed by atoms with van der Waals surface area (Å²) in [6.45, 7) is 3.14. The van der Waals surface area contributed by atoms with E-state index < -0.39 is 10.1 Å². The summed E-state index contributed by atoms with van der Waals surface area (Å²) in [6, 6.07) is 15.3. The molecule has 33 heavy (non-hydrogen) atoms. The lowest BCUT2D eigenvalue weighted by atomic mass is 10.1. The molecule has 6 nitrogen and oxygen atoms in total. The predicted molar refractivity (Wildman–Crippen MR) is 128 cm³/mol. The zero-order valence-corrected chi connectivity index (χ0v) is 20.5. The van der Waals surface area contributed by atoms with Gasteiger partial charge in [-0.1, -0.05) is 41.9 Å². The van der Waals surface area contributed by atoms with Gasteiger partial charge in [-0.05, 0) is 60.5 Å². The fourth-order valence-electron chi connectivity index (χ4n) is 3.83. The van der Waals surface area contributed by atoms with Gasteiger partial charge in [0.1, 0.15) is 10.6 Å². The summed E-state index contributed by atoms with van der Waals surface area (Å²) in [5.41, 5.74) is 1.25. The molecule has 4 rings (SSSR count). The van der Waals surface area contributed by atoms with Crippen LogP contribution in [0, 0.1) is 6.92 Å². The second-order valence-electron chi connectivity index (χ2n) is 7.87. The number of carbonyl (C=O) groups is 1. The molecular weight excluding hydrogens is 482 g/mol. The normalized spacial score (nSPS) is 16.0. The third kappa shape index (κ3) is 5.76. The summed E-state index contributed by atoms with van der Waals surface area (Å²) in [5, 5.41) is 1.98. The summed E-state index contributed by atoms with van der Waals surface area (Å²) in [7, 11) is -4.12. The summed E-state index contributed by atoms with van der Waals surface area (Å²) in [4.78, 5) is 15.5. The van der Waals surface area contributed by atoms with Crippen LogP contribution in [-0.4, -0.2) is 38.5 Å². The molecule has 1 fully saturated rings. The van der Waals surface area contributed by atoms with Crippen molar-refractivity contribution in [3.63, 3.8) is 0 Å². The van der Waals surface area contributed by atoms with Crippen LogP contribution in [-0.2, 0) is 21.4 Å². The Morgan fingerprint density at radius 2 is 2.03 bits per heavy atom. The summed E-state index contributed by atoms with van der Waals surface area (Å²) >= 11 is 7.52. The molecule has 0 unspecified atom stereocenters. The Hall–Kier alpha value is -2.39. The van der Waals surface area contributed by atoms with E-state index in [-0.39, 0.29) is 27.7 Å². The van der Waals surface area contributed by atoms with Gasteiger partial charge in [0.25, 0.3) is 5.91 Å². The standard InChI is InChI=1S/C24H24ClNO5S2/c1-17-6-2-10-21(25)23(17)33(28,29)31-19-8-3-7-18(14-19)15-26(16-20-9-4-12-30-20)24(27)22-11-5-13-32-22/h2-3,5-8,10-11,13-14,20H,4,9,12,15-16H2,1H3/t20-/m0/s1. The quantitative estimate of drug-likeness (QED) is 0.388. The molecule has 1 aliphatic heterocycles. The first kappa shape index (κ1) is 23.8. The number of rotatable bonds is 8. The van der Waals surface area contributed by atoms with E-state index in [4.69, 9.17) is 20.5 Å². The number of hydrogen-bond acceptors (Lipinski definition) is 6. The van der Waals surface area contributed by atoms with Gasteiger partial charge in [0.2, 0.25) is 0 Å². The zero-order chi connectivity index (χ0) is 23.4. The van der Waals surface area contributed by atoms with Gasteiger partial charge < -0.3 is 13.8 Å². The maximum absolute atomic E-state index is 13.1.